The summed E-state index contributed by atoms with van der Waals surface area (Å²) in [5.41, 5.74) is -0.360. The van der Waals surface area contributed by atoms with Crippen LogP contribution in [0.1, 0.15) is 15.9 Å². The Bertz CT molecular complexity index is 715. The minimum Gasteiger partial charge on any atom is -0.405 e. The standard InChI is InChI=1S/C15H10F5NO2/c16-10-6-5-9(12(17)7-10)8-21-14(22)11-3-1-2-4-13(11)23-15(18,19)20/h1-7H,8H2,(H,21,22). The van der Waals surface area contributed by atoms with Gasteiger partial charge in [-0.05, 0) is 18.2 Å². The average molecular weight is 331 g/mol. The molecule has 2 aromatic rings. The highest BCUT2D eigenvalue weighted by Gasteiger charge is 2.32. The summed E-state index contributed by atoms with van der Waals surface area (Å²) in [5.74, 6) is -3.20. The highest BCUT2D eigenvalue weighted by Crippen LogP contribution is 2.26. The zero-order chi connectivity index (χ0) is 17.0. The summed E-state index contributed by atoms with van der Waals surface area (Å²) in [6.45, 7) is -0.314. The summed E-state index contributed by atoms with van der Waals surface area (Å²) in [6.07, 6.45) is -4.94. The van der Waals surface area contributed by atoms with Crippen LogP contribution in [0.15, 0.2) is 42.5 Å². The fourth-order valence-electron chi connectivity index (χ4n) is 1.80. The molecule has 0 saturated heterocycles. The van der Waals surface area contributed by atoms with Crippen molar-refractivity contribution < 1.29 is 31.5 Å². The molecule has 0 aromatic heterocycles. The van der Waals surface area contributed by atoms with Crippen molar-refractivity contribution in [2.45, 2.75) is 12.9 Å². The van der Waals surface area contributed by atoms with E-state index in [-0.39, 0.29) is 17.7 Å². The van der Waals surface area contributed by atoms with Gasteiger partial charge in [0.1, 0.15) is 17.4 Å². The Morgan fingerprint density at radius 1 is 1.09 bits per heavy atom. The van der Waals surface area contributed by atoms with E-state index >= 15 is 0 Å². The van der Waals surface area contributed by atoms with Gasteiger partial charge in [-0.25, -0.2) is 8.78 Å². The van der Waals surface area contributed by atoms with Crippen LogP contribution in [-0.4, -0.2) is 12.3 Å². The molecule has 0 bridgehead atoms. The zero-order valence-electron chi connectivity index (χ0n) is 11.5. The van der Waals surface area contributed by atoms with Gasteiger partial charge in [-0.2, -0.15) is 0 Å². The Morgan fingerprint density at radius 3 is 2.43 bits per heavy atom. The lowest BCUT2D eigenvalue weighted by molar-refractivity contribution is -0.274. The molecule has 122 valence electrons. The topological polar surface area (TPSA) is 38.3 Å². The highest BCUT2D eigenvalue weighted by molar-refractivity contribution is 5.96. The third kappa shape index (κ3) is 4.67. The van der Waals surface area contributed by atoms with E-state index in [1.807, 2.05) is 0 Å². The Morgan fingerprint density at radius 2 is 1.78 bits per heavy atom. The van der Waals surface area contributed by atoms with Crippen LogP contribution in [-0.2, 0) is 6.54 Å². The lowest BCUT2D eigenvalue weighted by Crippen LogP contribution is -2.25. The number of halogens is 5. The van der Waals surface area contributed by atoms with Crippen LogP contribution in [0.4, 0.5) is 22.0 Å². The first-order valence-corrected chi connectivity index (χ1v) is 6.33. The fourth-order valence-corrected chi connectivity index (χ4v) is 1.80. The van der Waals surface area contributed by atoms with Crippen LogP contribution >= 0.6 is 0 Å². The van der Waals surface area contributed by atoms with Gasteiger partial charge in [0.15, 0.2) is 0 Å². The Balaban J connectivity index is 2.12. The van der Waals surface area contributed by atoms with Gasteiger partial charge >= 0.3 is 6.36 Å². The van der Waals surface area contributed by atoms with E-state index in [1.165, 1.54) is 12.1 Å². The maximum atomic E-state index is 13.4. The normalized spacial score (nSPS) is 11.2. The molecule has 0 atom stereocenters. The number of amides is 1. The molecule has 0 heterocycles. The minimum atomic E-state index is -4.94. The molecule has 0 saturated carbocycles. The van der Waals surface area contributed by atoms with E-state index < -0.39 is 29.7 Å². The number of rotatable bonds is 4. The average Bonchev–Trinajstić information content (AvgIpc) is 2.45. The molecule has 2 rings (SSSR count). The summed E-state index contributed by atoms with van der Waals surface area (Å²) in [4.78, 5) is 11.9. The number of nitrogens with one attached hydrogen (secondary N) is 1. The predicted octanol–water partition coefficient (Wildman–Crippen LogP) is 3.79. The molecule has 0 aliphatic rings. The van der Waals surface area contributed by atoms with Crippen molar-refractivity contribution in [3.8, 4) is 5.75 Å². The highest BCUT2D eigenvalue weighted by atomic mass is 19.4. The molecule has 8 heteroatoms. The van der Waals surface area contributed by atoms with Crippen molar-refractivity contribution in [3.63, 3.8) is 0 Å². The van der Waals surface area contributed by atoms with Gasteiger partial charge in [0.05, 0.1) is 5.56 Å². The molecule has 0 spiro atoms. The smallest absolute Gasteiger partial charge is 0.405 e. The molecule has 0 aliphatic heterocycles. The van der Waals surface area contributed by atoms with Crippen LogP contribution in [0, 0.1) is 11.6 Å². The summed E-state index contributed by atoms with van der Waals surface area (Å²) < 4.78 is 66.8. The van der Waals surface area contributed by atoms with Gasteiger partial charge < -0.3 is 10.1 Å². The third-order valence-electron chi connectivity index (χ3n) is 2.81. The number of para-hydroxylation sites is 1. The number of alkyl halides is 3. The van der Waals surface area contributed by atoms with Gasteiger partial charge in [0, 0.05) is 18.2 Å². The van der Waals surface area contributed by atoms with E-state index in [1.54, 1.807) is 0 Å². The lowest BCUT2D eigenvalue weighted by atomic mass is 10.1. The third-order valence-corrected chi connectivity index (χ3v) is 2.81. The van der Waals surface area contributed by atoms with Crippen molar-refractivity contribution >= 4 is 5.91 Å². The molecule has 1 amide bonds. The molecular formula is C15H10F5NO2. The predicted molar refractivity (Wildman–Crippen MR) is 70.7 cm³/mol. The van der Waals surface area contributed by atoms with E-state index in [9.17, 15) is 26.7 Å². The maximum Gasteiger partial charge on any atom is 0.573 e. The second kappa shape index (κ2) is 6.64. The Hall–Kier alpha value is -2.64. The van der Waals surface area contributed by atoms with Crippen LogP contribution in [0.5, 0.6) is 5.75 Å². The van der Waals surface area contributed by atoms with E-state index in [2.05, 4.69) is 10.1 Å². The number of benzene rings is 2. The fraction of sp³-hybridized carbons (Fsp3) is 0.133. The monoisotopic (exact) mass is 331 g/mol. The summed E-state index contributed by atoms with van der Waals surface area (Å²) in [7, 11) is 0. The van der Waals surface area contributed by atoms with Gasteiger partial charge in [-0.1, -0.05) is 18.2 Å². The number of hydrogen-bond acceptors (Lipinski definition) is 2. The first-order valence-electron chi connectivity index (χ1n) is 6.33. The maximum absolute atomic E-state index is 13.4. The molecule has 0 radical (unpaired) electrons. The second-order valence-electron chi connectivity index (χ2n) is 4.46. The Kier molecular flexibility index (Phi) is 4.83. The number of carbonyl (C=O) groups is 1. The second-order valence-corrected chi connectivity index (χ2v) is 4.46. The quantitative estimate of drug-likeness (QED) is 0.866. The van der Waals surface area contributed by atoms with E-state index in [4.69, 9.17) is 0 Å². The van der Waals surface area contributed by atoms with Gasteiger partial charge in [-0.3, -0.25) is 4.79 Å². The number of hydrogen-bond donors (Lipinski definition) is 1. The van der Waals surface area contributed by atoms with Crippen molar-refractivity contribution in [1.82, 2.24) is 5.32 Å². The van der Waals surface area contributed by atoms with Crippen molar-refractivity contribution in [1.29, 1.82) is 0 Å². The molecule has 0 unspecified atom stereocenters. The molecule has 0 aliphatic carbocycles. The van der Waals surface area contributed by atoms with Gasteiger partial charge in [0.25, 0.3) is 5.91 Å². The number of carbonyl (C=O) groups excluding carboxylic acids is 1. The van der Waals surface area contributed by atoms with Crippen LogP contribution in [0.25, 0.3) is 0 Å². The van der Waals surface area contributed by atoms with E-state index in [0.29, 0.717) is 6.07 Å². The first-order chi connectivity index (χ1) is 10.8. The molecule has 1 N–H and O–H groups in total. The number of ether oxygens (including phenoxy) is 1. The van der Waals surface area contributed by atoms with Crippen LogP contribution < -0.4 is 10.1 Å². The molecule has 3 nitrogen and oxygen atoms in total. The lowest BCUT2D eigenvalue weighted by Gasteiger charge is -2.13. The summed E-state index contributed by atoms with van der Waals surface area (Å²) in [5, 5.41) is 2.25. The van der Waals surface area contributed by atoms with Gasteiger partial charge in [0.2, 0.25) is 0 Å². The van der Waals surface area contributed by atoms with Crippen molar-refractivity contribution in [3.05, 3.63) is 65.2 Å². The minimum absolute atomic E-state index is 0.00558. The van der Waals surface area contributed by atoms with Crippen LogP contribution in [0.2, 0.25) is 0 Å². The van der Waals surface area contributed by atoms with E-state index in [0.717, 1.165) is 24.3 Å². The Labute approximate surface area is 127 Å². The molecule has 2 aromatic carbocycles. The molecule has 0 fully saturated rings. The first kappa shape index (κ1) is 16.7. The molecule has 23 heavy (non-hydrogen) atoms. The van der Waals surface area contributed by atoms with Gasteiger partial charge in [-0.15, -0.1) is 13.2 Å². The largest absolute Gasteiger partial charge is 0.573 e. The van der Waals surface area contributed by atoms with Crippen LogP contribution in [0.3, 0.4) is 0 Å². The zero-order valence-corrected chi connectivity index (χ0v) is 11.5. The molecular weight excluding hydrogens is 321 g/mol. The summed E-state index contributed by atoms with van der Waals surface area (Å²) in [6, 6.07) is 7.53. The summed E-state index contributed by atoms with van der Waals surface area (Å²) >= 11 is 0. The van der Waals surface area contributed by atoms with Crippen molar-refractivity contribution in [2.75, 3.05) is 0 Å². The SMILES string of the molecule is O=C(NCc1ccc(F)cc1F)c1ccccc1OC(F)(F)F. The van der Waals surface area contributed by atoms with Crippen molar-refractivity contribution in [2.24, 2.45) is 0 Å².